The molecule has 1 aromatic carbocycles. The molecule has 0 amide bonds. The van der Waals surface area contributed by atoms with Crippen LogP contribution in [0.5, 0.6) is 0 Å². The number of nitrogens with two attached hydrogens (primary N) is 1. The van der Waals surface area contributed by atoms with Crippen LogP contribution in [-0.2, 0) is 6.42 Å². The molecular weight excluding hydrogens is 264 g/mol. The maximum absolute atomic E-state index is 5.99. The maximum atomic E-state index is 5.99. The SMILES string of the molecule is CCc1nc(N)c(C)c(-c2cnnn2-c2ccccc2)n1. The van der Waals surface area contributed by atoms with E-state index in [2.05, 4.69) is 20.3 Å². The first-order valence-corrected chi connectivity index (χ1v) is 6.80. The molecule has 2 aromatic heterocycles. The summed E-state index contributed by atoms with van der Waals surface area (Å²) in [7, 11) is 0. The predicted octanol–water partition coefficient (Wildman–Crippen LogP) is 2.18. The van der Waals surface area contributed by atoms with Gasteiger partial charge in [-0.25, -0.2) is 14.6 Å². The molecule has 0 atom stereocenters. The second kappa shape index (κ2) is 5.32. The van der Waals surface area contributed by atoms with E-state index in [0.29, 0.717) is 11.6 Å². The van der Waals surface area contributed by atoms with Crippen molar-refractivity contribution in [1.82, 2.24) is 25.0 Å². The third-order valence-corrected chi connectivity index (χ3v) is 3.34. The van der Waals surface area contributed by atoms with E-state index in [-0.39, 0.29) is 0 Å². The fraction of sp³-hybridized carbons (Fsp3) is 0.200. The second-order valence-electron chi connectivity index (χ2n) is 4.72. The molecule has 0 aliphatic carbocycles. The van der Waals surface area contributed by atoms with Crippen molar-refractivity contribution in [1.29, 1.82) is 0 Å². The zero-order valence-corrected chi connectivity index (χ0v) is 12.0. The van der Waals surface area contributed by atoms with Crippen molar-refractivity contribution in [2.45, 2.75) is 20.3 Å². The molecule has 0 aliphatic rings. The van der Waals surface area contributed by atoms with E-state index in [9.17, 15) is 0 Å². The van der Waals surface area contributed by atoms with Gasteiger partial charge in [-0.1, -0.05) is 30.3 Å². The second-order valence-corrected chi connectivity index (χ2v) is 4.72. The molecular formula is C15H16N6. The van der Waals surface area contributed by atoms with Crippen LogP contribution in [0.3, 0.4) is 0 Å². The minimum atomic E-state index is 0.498. The van der Waals surface area contributed by atoms with Gasteiger partial charge in [-0.15, -0.1) is 5.10 Å². The number of nitrogens with zero attached hydrogens (tertiary/aromatic N) is 5. The monoisotopic (exact) mass is 280 g/mol. The van der Waals surface area contributed by atoms with Crippen LogP contribution in [0.25, 0.3) is 17.1 Å². The van der Waals surface area contributed by atoms with Crippen molar-refractivity contribution < 1.29 is 0 Å². The third kappa shape index (κ3) is 2.35. The Kier molecular flexibility index (Phi) is 3.35. The Morgan fingerprint density at radius 2 is 1.90 bits per heavy atom. The smallest absolute Gasteiger partial charge is 0.131 e. The maximum Gasteiger partial charge on any atom is 0.131 e. The molecule has 21 heavy (non-hydrogen) atoms. The van der Waals surface area contributed by atoms with Gasteiger partial charge in [0.25, 0.3) is 0 Å². The van der Waals surface area contributed by atoms with Crippen molar-refractivity contribution in [3.63, 3.8) is 0 Å². The highest BCUT2D eigenvalue weighted by molar-refractivity contribution is 5.65. The summed E-state index contributed by atoms with van der Waals surface area (Å²) >= 11 is 0. The molecule has 2 heterocycles. The topological polar surface area (TPSA) is 82.5 Å². The normalized spacial score (nSPS) is 10.8. The van der Waals surface area contributed by atoms with Gasteiger partial charge in [0.15, 0.2) is 0 Å². The van der Waals surface area contributed by atoms with E-state index < -0.39 is 0 Å². The molecule has 0 aliphatic heterocycles. The molecule has 3 rings (SSSR count). The lowest BCUT2D eigenvalue weighted by atomic mass is 10.1. The largest absolute Gasteiger partial charge is 0.383 e. The molecule has 2 N–H and O–H groups in total. The Morgan fingerprint density at radius 3 is 2.62 bits per heavy atom. The fourth-order valence-corrected chi connectivity index (χ4v) is 2.15. The molecule has 0 spiro atoms. The lowest BCUT2D eigenvalue weighted by Crippen LogP contribution is -2.07. The van der Waals surface area contributed by atoms with Crippen LogP contribution in [0.2, 0.25) is 0 Å². The average Bonchev–Trinajstić information content (AvgIpc) is 3.00. The summed E-state index contributed by atoms with van der Waals surface area (Å²) in [6.45, 7) is 3.91. The van der Waals surface area contributed by atoms with Gasteiger partial charge in [0, 0.05) is 12.0 Å². The fourth-order valence-electron chi connectivity index (χ4n) is 2.15. The van der Waals surface area contributed by atoms with Crippen molar-refractivity contribution in [2.24, 2.45) is 0 Å². The number of benzene rings is 1. The Morgan fingerprint density at radius 1 is 1.14 bits per heavy atom. The van der Waals surface area contributed by atoms with Crippen LogP contribution < -0.4 is 5.73 Å². The van der Waals surface area contributed by atoms with Crippen LogP contribution in [0.15, 0.2) is 36.5 Å². The summed E-state index contributed by atoms with van der Waals surface area (Å²) in [6.07, 6.45) is 2.42. The molecule has 0 fully saturated rings. The van der Waals surface area contributed by atoms with Crippen molar-refractivity contribution in [2.75, 3.05) is 5.73 Å². The number of para-hydroxylation sites is 1. The van der Waals surface area contributed by atoms with E-state index in [0.717, 1.165) is 29.1 Å². The lowest BCUT2D eigenvalue weighted by molar-refractivity contribution is 0.803. The number of nitrogen functional groups attached to an aromatic ring is 1. The summed E-state index contributed by atoms with van der Waals surface area (Å²) in [6, 6.07) is 9.82. The zero-order chi connectivity index (χ0) is 14.8. The summed E-state index contributed by atoms with van der Waals surface area (Å²) in [5, 5.41) is 8.17. The van der Waals surface area contributed by atoms with Crippen molar-refractivity contribution >= 4 is 5.82 Å². The van der Waals surface area contributed by atoms with Crippen LogP contribution >= 0.6 is 0 Å². The van der Waals surface area contributed by atoms with Crippen LogP contribution in [0.1, 0.15) is 18.3 Å². The number of aryl methyl sites for hydroxylation is 1. The summed E-state index contributed by atoms with van der Waals surface area (Å²) < 4.78 is 1.76. The van der Waals surface area contributed by atoms with Crippen LogP contribution in [0, 0.1) is 6.92 Å². The molecule has 106 valence electrons. The molecule has 0 unspecified atom stereocenters. The number of aromatic nitrogens is 5. The number of hydrogen-bond acceptors (Lipinski definition) is 5. The molecule has 0 saturated carbocycles. The molecule has 0 radical (unpaired) electrons. The number of anilines is 1. The standard InChI is InChI=1S/C15H16N6/c1-3-13-18-14(10(2)15(16)19-13)12-9-17-20-21(12)11-7-5-4-6-8-11/h4-9H,3H2,1-2H3,(H2,16,18,19). The van der Waals surface area contributed by atoms with Gasteiger partial charge < -0.3 is 5.73 Å². The number of hydrogen-bond donors (Lipinski definition) is 1. The molecule has 6 nitrogen and oxygen atoms in total. The van der Waals surface area contributed by atoms with Gasteiger partial charge >= 0.3 is 0 Å². The molecule has 6 heteroatoms. The lowest BCUT2D eigenvalue weighted by Gasteiger charge is -2.10. The predicted molar refractivity (Wildman–Crippen MR) is 80.9 cm³/mol. The van der Waals surface area contributed by atoms with E-state index in [1.165, 1.54) is 0 Å². The van der Waals surface area contributed by atoms with Crippen molar-refractivity contribution in [3.05, 3.63) is 47.9 Å². The molecule has 0 bridgehead atoms. The minimum Gasteiger partial charge on any atom is -0.383 e. The third-order valence-electron chi connectivity index (χ3n) is 3.34. The van der Waals surface area contributed by atoms with Gasteiger partial charge in [0.2, 0.25) is 0 Å². The minimum absolute atomic E-state index is 0.498. The van der Waals surface area contributed by atoms with Gasteiger partial charge in [-0.05, 0) is 19.1 Å². The van der Waals surface area contributed by atoms with E-state index >= 15 is 0 Å². The molecule has 0 saturated heterocycles. The highest BCUT2D eigenvalue weighted by atomic mass is 15.4. The van der Waals surface area contributed by atoms with Gasteiger partial charge in [-0.3, -0.25) is 0 Å². The highest BCUT2D eigenvalue weighted by Gasteiger charge is 2.15. The Hall–Kier alpha value is -2.76. The summed E-state index contributed by atoms with van der Waals surface area (Å²) in [5.41, 5.74) is 9.34. The first-order valence-electron chi connectivity index (χ1n) is 6.80. The van der Waals surface area contributed by atoms with E-state index in [4.69, 9.17) is 5.73 Å². The summed E-state index contributed by atoms with van der Waals surface area (Å²) in [5.74, 6) is 1.21. The highest BCUT2D eigenvalue weighted by Crippen LogP contribution is 2.25. The van der Waals surface area contributed by atoms with Crippen molar-refractivity contribution in [3.8, 4) is 17.1 Å². The van der Waals surface area contributed by atoms with Crippen LogP contribution in [-0.4, -0.2) is 25.0 Å². The van der Waals surface area contributed by atoms with Gasteiger partial charge in [0.05, 0.1) is 17.6 Å². The Bertz CT molecular complexity index is 763. The Balaban J connectivity index is 2.19. The molecule has 3 aromatic rings. The number of rotatable bonds is 3. The first-order chi connectivity index (χ1) is 10.2. The van der Waals surface area contributed by atoms with E-state index in [1.54, 1.807) is 10.9 Å². The quantitative estimate of drug-likeness (QED) is 0.795. The Labute approximate surface area is 122 Å². The van der Waals surface area contributed by atoms with Crippen LogP contribution in [0.4, 0.5) is 5.82 Å². The van der Waals surface area contributed by atoms with Gasteiger partial charge in [0.1, 0.15) is 17.3 Å². The zero-order valence-electron chi connectivity index (χ0n) is 12.0. The van der Waals surface area contributed by atoms with E-state index in [1.807, 2.05) is 44.2 Å². The van der Waals surface area contributed by atoms with Gasteiger partial charge in [-0.2, -0.15) is 0 Å². The first kappa shape index (κ1) is 13.2. The summed E-state index contributed by atoms with van der Waals surface area (Å²) in [4.78, 5) is 8.87. The average molecular weight is 280 g/mol.